The Bertz CT molecular complexity index is 999. The fourth-order valence-electron chi connectivity index (χ4n) is 3.02. The number of rotatable bonds is 9. The van der Waals surface area contributed by atoms with Gasteiger partial charge >= 0.3 is 0 Å². The van der Waals surface area contributed by atoms with Crippen molar-refractivity contribution in [2.75, 3.05) is 7.11 Å². The van der Waals surface area contributed by atoms with Gasteiger partial charge in [0.05, 0.1) is 20.2 Å². The molecule has 1 amide bonds. The summed E-state index contributed by atoms with van der Waals surface area (Å²) in [6.07, 6.45) is 1.79. The molecule has 0 saturated carbocycles. The van der Waals surface area contributed by atoms with Crippen LogP contribution in [0.3, 0.4) is 0 Å². The summed E-state index contributed by atoms with van der Waals surface area (Å²) in [5, 5.41) is 6.32. The number of aryl methyl sites for hydroxylation is 1. The van der Waals surface area contributed by atoms with Crippen LogP contribution in [0.4, 0.5) is 0 Å². The van der Waals surface area contributed by atoms with Crippen LogP contribution < -0.4 is 10.3 Å². The summed E-state index contributed by atoms with van der Waals surface area (Å²) >= 11 is 1.60. The SMILES string of the molecule is CCCCn1nc(C(=O)N(Cc2cccs2)Cc2ccccc2OC)ccc1=O. The molecule has 0 saturated heterocycles. The number of carbonyl (C=O) groups is 1. The summed E-state index contributed by atoms with van der Waals surface area (Å²) < 4.78 is 6.83. The fraction of sp³-hybridized carbons (Fsp3) is 0.318. The molecule has 0 fully saturated rings. The zero-order valence-electron chi connectivity index (χ0n) is 16.7. The summed E-state index contributed by atoms with van der Waals surface area (Å²) in [6.45, 7) is 3.41. The van der Waals surface area contributed by atoms with Crippen LogP contribution in [-0.4, -0.2) is 27.7 Å². The van der Waals surface area contributed by atoms with E-state index >= 15 is 0 Å². The van der Waals surface area contributed by atoms with E-state index in [0.29, 0.717) is 19.6 Å². The Kier molecular flexibility index (Phi) is 7.19. The van der Waals surface area contributed by atoms with Crippen LogP contribution in [-0.2, 0) is 19.6 Å². The van der Waals surface area contributed by atoms with Crippen molar-refractivity contribution in [2.45, 2.75) is 39.4 Å². The molecule has 2 aromatic heterocycles. The van der Waals surface area contributed by atoms with Crippen molar-refractivity contribution in [3.05, 3.63) is 80.4 Å². The van der Waals surface area contributed by atoms with Crippen molar-refractivity contribution >= 4 is 17.2 Å². The third-order valence-corrected chi connectivity index (χ3v) is 5.44. The highest BCUT2D eigenvalue weighted by atomic mass is 32.1. The molecule has 0 bridgehead atoms. The Hall–Kier alpha value is -2.93. The van der Waals surface area contributed by atoms with Gasteiger partial charge in [-0.2, -0.15) is 5.10 Å². The molecule has 0 atom stereocenters. The van der Waals surface area contributed by atoms with E-state index in [-0.39, 0.29) is 17.2 Å². The van der Waals surface area contributed by atoms with E-state index < -0.39 is 0 Å². The molecular weight excluding hydrogens is 386 g/mol. The largest absolute Gasteiger partial charge is 0.496 e. The zero-order valence-corrected chi connectivity index (χ0v) is 17.5. The van der Waals surface area contributed by atoms with Gasteiger partial charge < -0.3 is 9.64 Å². The summed E-state index contributed by atoms with van der Waals surface area (Å²) in [5.41, 5.74) is 0.996. The van der Waals surface area contributed by atoms with Gasteiger partial charge in [-0.3, -0.25) is 9.59 Å². The Balaban J connectivity index is 1.91. The standard InChI is InChI=1S/C22H25N3O3S/c1-3-4-13-25-21(26)12-11-19(23-25)22(27)24(16-18-9-7-14-29-18)15-17-8-5-6-10-20(17)28-2/h5-12,14H,3-4,13,15-16H2,1-2H3. The number of aromatic nitrogens is 2. The molecule has 1 aromatic carbocycles. The first-order valence-corrected chi connectivity index (χ1v) is 10.5. The van der Waals surface area contributed by atoms with Gasteiger partial charge in [0.2, 0.25) is 0 Å². The van der Waals surface area contributed by atoms with Gasteiger partial charge in [0.1, 0.15) is 11.4 Å². The van der Waals surface area contributed by atoms with E-state index in [0.717, 1.165) is 29.0 Å². The summed E-state index contributed by atoms with van der Waals surface area (Å²) in [6, 6.07) is 14.6. The normalized spacial score (nSPS) is 10.7. The molecule has 0 spiro atoms. The first kappa shape index (κ1) is 20.8. The van der Waals surface area contributed by atoms with Crippen molar-refractivity contribution in [3.63, 3.8) is 0 Å². The van der Waals surface area contributed by atoms with Gasteiger partial charge in [-0.15, -0.1) is 11.3 Å². The molecule has 0 unspecified atom stereocenters. The van der Waals surface area contributed by atoms with Gasteiger partial charge in [-0.1, -0.05) is 37.6 Å². The first-order valence-electron chi connectivity index (χ1n) is 9.64. The molecule has 29 heavy (non-hydrogen) atoms. The number of carbonyl (C=O) groups excluding carboxylic acids is 1. The lowest BCUT2D eigenvalue weighted by atomic mass is 10.1. The number of hydrogen-bond acceptors (Lipinski definition) is 5. The average molecular weight is 412 g/mol. The number of ether oxygens (including phenoxy) is 1. The van der Waals surface area contributed by atoms with E-state index in [4.69, 9.17) is 4.74 Å². The van der Waals surface area contributed by atoms with Crippen molar-refractivity contribution in [1.82, 2.24) is 14.7 Å². The monoisotopic (exact) mass is 411 g/mol. The minimum absolute atomic E-state index is 0.190. The number of thiophene rings is 1. The molecule has 3 aromatic rings. The Morgan fingerprint density at radius 1 is 1.14 bits per heavy atom. The first-order chi connectivity index (χ1) is 14.1. The van der Waals surface area contributed by atoms with Gasteiger partial charge in [0.25, 0.3) is 11.5 Å². The zero-order chi connectivity index (χ0) is 20.6. The molecule has 0 radical (unpaired) electrons. The van der Waals surface area contributed by atoms with Gasteiger partial charge in [0.15, 0.2) is 0 Å². The van der Waals surface area contributed by atoms with Crippen molar-refractivity contribution < 1.29 is 9.53 Å². The fourth-order valence-corrected chi connectivity index (χ4v) is 3.74. The van der Waals surface area contributed by atoms with Crippen LogP contribution in [0.5, 0.6) is 5.75 Å². The van der Waals surface area contributed by atoms with Crippen LogP contribution in [0.15, 0.2) is 58.7 Å². The molecule has 3 rings (SSSR count). The highest BCUT2D eigenvalue weighted by Gasteiger charge is 2.21. The predicted molar refractivity (Wildman–Crippen MR) is 114 cm³/mol. The second-order valence-electron chi connectivity index (χ2n) is 6.69. The lowest BCUT2D eigenvalue weighted by Gasteiger charge is -2.23. The van der Waals surface area contributed by atoms with Gasteiger partial charge in [0, 0.05) is 23.1 Å². The van der Waals surface area contributed by atoms with Crippen LogP contribution in [0.25, 0.3) is 0 Å². The average Bonchev–Trinajstić information content (AvgIpc) is 3.25. The van der Waals surface area contributed by atoms with Crippen LogP contribution in [0, 0.1) is 0 Å². The third-order valence-electron chi connectivity index (χ3n) is 4.58. The van der Waals surface area contributed by atoms with Gasteiger partial charge in [-0.05, 0) is 30.0 Å². The third kappa shape index (κ3) is 5.32. The number of para-hydroxylation sites is 1. The number of unbranched alkanes of at least 4 members (excludes halogenated alkanes) is 1. The molecule has 7 heteroatoms. The minimum Gasteiger partial charge on any atom is -0.496 e. The molecular formula is C22H25N3O3S. The smallest absolute Gasteiger partial charge is 0.274 e. The molecule has 0 aliphatic carbocycles. The minimum atomic E-state index is -0.213. The molecule has 152 valence electrons. The molecule has 2 heterocycles. The second kappa shape index (κ2) is 10.0. The van der Waals surface area contributed by atoms with Gasteiger partial charge in [-0.25, -0.2) is 4.68 Å². The lowest BCUT2D eigenvalue weighted by molar-refractivity contribution is 0.0721. The summed E-state index contributed by atoms with van der Waals surface area (Å²) in [4.78, 5) is 28.2. The molecule has 0 N–H and O–H groups in total. The highest BCUT2D eigenvalue weighted by Crippen LogP contribution is 2.22. The summed E-state index contributed by atoms with van der Waals surface area (Å²) in [5.74, 6) is 0.520. The van der Waals surface area contributed by atoms with Crippen molar-refractivity contribution in [1.29, 1.82) is 0 Å². The topological polar surface area (TPSA) is 64.4 Å². The number of amides is 1. The van der Waals surface area contributed by atoms with Crippen LogP contribution in [0.2, 0.25) is 0 Å². The van der Waals surface area contributed by atoms with E-state index in [1.54, 1.807) is 23.3 Å². The number of hydrogen-bond donors (Lipinski definition) is 0. The molecule has 6 nitrogen and oxygen atoms in total. The van der Waals surface area contributed by atoms with Crippen LogP contribution in [0.1, 0.15) is 40.7 Å². The maximum Gasteiger partial charge on any atom is 0.274 e. The van der Waals surface area contributed by atoms with Crippen molar-refractivity contribution in [2.24, 2.45) is 0 Å². The van der Waals surface area contributed by atoms with E-state index in [9.17, 15) is 9.59 Å². The Labute approximate surface area is 174 Å². The lowest BCUT2D eigenvalue weighted by Crippen LogP contribution is -2.33. The number of benzene rings is 1. The number of nitrogens with zero attached hydrogens (tertiary/aromatic N) is 3. The number of methoxy groups -OCH3 is 1. The van der Waals surface area contributed by atoms with E-state index in [1.807, 2.05) is 41.8 Å². The quantitative estimate of drug-likeness (QED) is 0.535. The molecule has 0 aliphatic rings. The maximum atomic E-state index is 13.3. The summed E-state index contributed by atoms with van der Waals surface area (Å²) in [7, 11) is 1.62. The molecule has 0 aliphatic heterocycles. The van der Waals surface area contributed by atoms with E-state index in [2.05, 4.69) is 12.0 Å². The van der Waals surface area contributed by atoms with Crippen molar-refractivity contribution in [3.8, 4) is 5.75 Å². The Morgan fingerprint density at radius 3 is 2.69 bits per heavy atom. The maximum absolute atomic E-state index is 13.3. The van der Waals surface area contributed by atoms with E-state index in [1.165, 1.54) is 16.8 Å². The predicted octanol–water partition coefficient (Wildman–Crippen LogP) is 3.96. The van der Waals surface area contributed by atoms with Crippen LogP contribution >= 0.6 is 11.3 Å². The highest BCUT2D eigenvalue weighted by molar-refractivity contribution is 7.09. The second-order valence-corrected chi connectivity index (χ2v) is 7.72. The Morgan fingerprint density at radius 2 is 1.97 bits per heavy atom.